The Morgan fingerprint density at radius 2 is 2.22 bits per heavy atom. The number of nitrogens with zero attached hydrogens (tertiary/aromatic N) is 1. The van der Waals surface area contributed by atoms with Crippen LogP contribution in [0.25, 0.3) is 0 Å². The molecule has 2 aromatic rings. The van der Waals surface area contributed by atoms with E-state index in [1.165, 1.54) is 11.3 Å². The lowest BCUT2D eigenvalue weighted by Gasteiger charge is -2.26. The summed E-state index contributed by atoms with van der Waals surface area (Å²) in [4.78, 5) is 17.0. The second-order valence-electron chi connectivity index (χ2n) is 5.22. The molecule has 7 heteroatoms. The van der Waals surface area contributed by atoms with Crippen LogP contribution in [0, 0.1) is 0 Å². The monoisotopic (exact) mass is 333 g/mol. The fraction of sp³-hybridized carbons (Fsp3) is 0.375. The quantitative estimate of drug-likeness (QED) is 0.876. The van der Waals surface area contributed by atoms with Crippen LogP contribution in [-0.2, 0) is 6.42 Å². The molecule has 0 saturated heterocycles. The SMILES string of the molecule is CCc1nc(N)sc1C(=O)NCC[C@H]1COc2ccccc2O1. The molecule has 3 N–H and O–H groups in total. The highest BCUT2D eigenvalue weighted by molar-refractivity contribution is 7.17. The van der Waals surface area contributed by atoms with Gasteiger partial charge >= 0.3 is 0 Å². The lowest BCUT2D eigenvalue weighted by Crippen LogP contribution is -2.34. The number of amides is 1. The molecule has 0 aliphatic carbocycles. The lowest BCUT2D eigenvalue weighted by atomic mass is 10.2. The van der Waals surface area contributed by atoms with Crippen LogP contribution < -0.4 is 20.5 Å². The van der Waals surface area contributed by atoms with Crippen molar-refractivity contribution in [2.24, 2.45) is 0 Å². The van der Waals surface area contributed by atoms with Gasteiger partial charge in [0.05, 0.1) is 5.69 Å². The molecule has 0 bridgehead atoms. The molecule has 0 unspecified atom stereocenters. The molecule has 1 aliphatic heterocycles. The molecule has 0 spiro atoms. The number of fused-ring (bicyclic) bond motifs is 1. The van der Waals surface area contributed by atoms with Gasteiger partial charge < -0.3 is 20.5 Å². The molecule has 122 valence electrons. The molecule has 2 heterocycles. The highest BCUT2D eigenvalue weighted by Gasteiger charge is 2.21. The van der Waals surface area contributed by atoms with E-state index in [-0.39, 0.29) is 12.0 Å². The van der Waals surface area contributed by atoms with Crippen molar-refractivity contribution in [1.29, 1.82) is 0 Å². The third-order valence-corrected chi connectivity index (χ3v) is 4.50. The van der Waals surface area contributed by atoms with Crippen molar-refractivity contribution in [3.05, 3.63) is 34.8 Å². The molecule has 1 aromatic heterocycles. The van der Waals surface area contributed by atoms with Gasteiger partial charge in [0.1, 0.15) is 17.6 Å². The van der Waals surface area contributed by atoms with Gasteiger partial charge in [-0.2, -0.15) is 0 Å². The van der Waals surface area contributed by atoms with Crippen molar-refractivity contribution < 1.29 is 14.3 Å². The molecular weight excluding hydrogens is 314 g/mol. The molecule has 23 heavy (non-hydrogen) atoms. The summed E-state index contributed by atoms with van der Waals surface area (Å²) in [6.45, 7) is 2.95. The number of anilines is 1. The predicted molar refractivity (Wildman–Crippen MR) is 89.2 cm³/mol. The number of ether oxygens (including phenoxy) is 2. The molecular formula is C16H19N3O3S. The minimum Gasteiger partial charge on any atom is -0.486 e. The number of hydrogen-bond donors (Lipinski definition) is 2. The van der Waals surface area contributed by atoms with Crippen LogP contribution >= 0.6 is 11.3 Å². The number of aromatic nitrogens is 1. The Bertz CT molecular complexity index is 702. The van der Waals surface area contributed by atoms with E-state index < -0.39 is 0 Å². The average molecular weight is 333 g/mol. The summed E-state index contributed by atoms with van der Waals surface area (Å²) in [5.74, 6) is 1.38. The van der Waals surface area contributed by atoms with Gasteiger partial charge in [-0.3, -0.25) is 4.79 Å². The summed E-state index contributed by atoms with van der Waals surface area (Å²) in [5, 5.41) is 3.32. The zero-order chi connectivity index (χ0) is 16.2. The lowest BCUT2D eigenvalue weighted by molar-refractivity contribution is 0.0813. The maximum atomic E-state index is 12.2. The van der Waals surface area contributed by atoms with E-state index in [1.807, 2.05) is 31.2 Å². The van der Waals surface area contributed by atoms with Gasteiger partial charge in [0.25, 0.3) is 5.91 Å². The Balaban J connectivity index is 1.51. The van der Waals surface area contributed by atoms with E-state index in [2.05, 4.69) is 10.3 Å². The Morgan fingerprint density at radius 1 is 1.43 bits per heavy atom. The zero-order valence-electron chi connectivity index (χ0n) is 12.9. The van der Waals surface area contributed by atoms with Gasteiger partial charge in [-0.25, -0.2) is 4.98 Å². The van der Waals surface area contributed by atoms with Crippen molar-refractivity contribution in [3.8, 4) is 11.5 Å². The number of benzene rings is 1. The van der Waals surface area contributed by atoms with E-state index in [0.29, 0.717) is 36.0 Å². The zero-order valence-corrected chi connectivity index (χ0v) is 13.7. The van der Waals surface area contributed by atoms with Crippen LogP contribution in [0.2, 0.25) is 0 Å². The van der Waals surface area contributed by atoms with E-state index in [1.54, 1.807) is 0 Å². The average Bonchev–Trinajstić information content (AvgIpc) is 2.96. The van der Waals surface area contributed by atoms with E-state index in [0.717, 1.165) is 17.2 Å². The van der Waals surface area contributed by atoms with Gasteiger partial charge in [-0.05, 0) is 18.6 Å². The Kier molecular flexibility index (Phi) is 4.66. The minimum absolute atomic E-state index is 0.0672. The van der Waals surface area contributed by atoms with Crippen LogP contribution in [0.3, 0.4) is 0 Å². The van der Waals surface area contributed by atoms with E-state index in [4.69, 9.17) is 15.2 Å². The van der Waals surface area contributed by atoms with Crippen molar-refractivity contribution in [1.82, 2.24) is 10.3 Å². The van der Waals surface area contributed by atoms with Crippen molar-refractivity contribution in [2.45, 2.75) is 25.9 Å². The number of thiazole rings is 1. The highest BCUT2D eigenvalue weighted by atomic mass is 32.1. The van der Waals surface area contributed by atoms with Crippen molar-refractivity contribution in [3.63, 3.8) is 0 Å². The predicted octanol–water partition coefficient (Wildman–Crippen LogP) is 2.25. The second-order valence-corrected chi connectivity index (χ2v) is 6.25. The summed E-state index contributed by atoms with van der Waals surface area (Å²) >= 11 is 1.22. The molecule has 1 amide bonds. The van der Waals surface area contributed by atoms with Crippen molar-refractivity contribution >= 4 is 22.4 Å². The molecule has 0 radical (unpaired) electrons. The first-order valence-corrected chi connectivity index (χ1v) is 8.41. The van der Waals surface area contributed by atoms with Gasteiger partial charge in [0.15, 0.2) is 16.6 Å². The number of carbonyl (C=O) groups is 1. The largest absolute Gasteiger partial charge is 0.486 e. The van der Waals surface area contributed by atoms with Crippen LogP contribution in [-0.4, -0.2) is 30.1 Å². The molecule has 1 atom stereocenters. The summed E-state index contributed by atoms with van der Waals surface area (Å²) in [6.07, 6.45) is 1.30. The molecule has 1 aromatic carbocycles. The van der Waals surface area contributed by atoms with Gasteiger partial charge in [-0.1, -0.05) is 30.4 Å². The Hall–Kier alpha value is -2.28. The standard InChI is InChI=1S/C16H19N3O3S/c1-2-11-14(23-16(17)19-11)15(20)18-8-7-10-9-21-12-5-3-4-6-13(12)22-10/h3-6,10H,2,7-9H2,1H3,(H2,17,19)(H,18,20)/t10-/m0/s1. The minimum atomic E-state index is -0.131. The number of para-hydroxylation sites is 2. The number of rotatable bonds is 5. The van der Waals surface area contributed by atoms with E-state index >= 15 is 0 Å². The van der Waals surface area contributed by atoms with Crippen molar-refractivity contribution in [2.75, 3.05) is 18.9 Å². The first-order valence-electron chi connectivity index (χ1n) is 7.59. The molecule has 1 aliphatic rings. The van der Waals surface area contributed by atoms with Gasteiger partial charge in [0.2, 0.25) is 0 Å². The van der Waals surface area contributed by atoms with Crippen LogP contribution in [0.4, 0.5) is 5.13 Å². The summed E-state index contributed by atoms with van der Waals surface area (Å²) < 4.78 is 11.5. The topological polar surface area (TPSA) is 86.5 Å². The number of nitrogen functional groups attached to an aromatic ring is 1. The second kappa shape index (κ2) is 6.87. The van der Waals surface area contributed by atoms with E-state index in [9.17, 15) is 4.79 Å². The molecule has 6 nitrogen and oxygen atoms in total. The molecule has 3 rings (SSSR count). The Morgan fingerprint density at radius 3 is 3.00 bits per heavy atom. The summed E-state index contributed by atoms with van der Waals surface area (Å²) in [7, 11) is 0. The smallest absolute Gasteiger partial charge is 0.263 e. The fourth-order valence-corrected chi connectivity index (χ4v) is 3.26. The summed E-state index contributed by atoms with van der Waals surface area (Å²) in [6, 6.07) is 7.59. The first kappa shape index (κ1) is 15.6. The maximum Gasteiger partial charge on any atom is 0.263 e. The number of carbonyl (C=O) groups excluding carboxylic acids is 1. The number of nitrogens with one attached hydrogen (secondary N) is 1. The summed E-state index contributed by atoms with van der Waals surface area (Å²) in [5.41, 5.74) is 6.42. The highest BCUT2D eigenvalue weighted by Crippen LogP contribution is 2.31. The first-order chi connectivity index (χ1) is 11.2. The van der Waals surface area contributed by atoms with Crippen LogP contribution in [0.1, 0.15) is 28.7 Å². The third-order valence-electron chi connectivity index (χ3n) is 3.57. The molecule has 0 saturated carbocycles. The third kappa shape index (κ3) is 3.56. The molecule has 0 fully saturated rings. The van der Waals surface area contributed by atoms with Gasteiger partial charge in [-0.15, -0.1) is 0 Å². The Labute approximate surface area is 138 Å². The fourth-order valence-electron chi connectivity index (χ4n) is 2.42. The van der Waals surface area contributed by atoms with Gasteiger partial charge in [0, 0.05) is 13.0 Å². The number of hydrogen-bond acceptors (Lipinski definition) is 6. The van der Waals surface area contributed by atoms with Crippen LogP contribution in [0.15, 0.2) is 24.3 Å². The number of nitrogens with two attached hydrogens (primary N) is 1. The number of aryl methyl sites for hydroxylation is 1. The maximum absolute atomic E-state index is 12.2. The van der Waals surface area contributed by atoms with Crippen LogP contribution in [0.5, 0.6) is 11.5 Å². The normalized spacial score (nSPS) is 16.1.